The Hall–Kier alpha value is -2.96. The maximum Gasteiger partial charge on any atom is 0.251 e. The number of carbonyl (C=O) groups is 1. The third-order valence-corrected chi connectivity index (χ3v) is 4.84. The summed E-state index contributed by atoms with van der Waals surface area (Å²) in [6.45, 7) is 1.95. The van der Waals surface area contributed by atoms with Crippen LogP contribution in [0.4, 0.5) is 0 Å². The van der Waals surface area contributed by atoms with Gasteiger partial charge in [-0.3, -0.25) is 9.78 Å². The molecule has 2 N–H and O–H groups in total. The van der Waals surface area contributed by atoms with Crippen molar-refractivity contribution >= 4 is 16.9 Å². The molecule has 1 fully saturated rings. The number of H-pyrrole nitrogens is 1. The summed E-state index contributed by atoms with van der Waals surface area (Å²) in [6.07, 6.45) is 5.59. The van der Waals surface area contributed by atoms with Gasteiger partial charge >= 0.3 is 0 Å². The van der Waals surface area contributed by atoms with Crippen LogP contribution in [-0.4, -0.2) is 38.4 Å². The predicted molar refractivity (Wildman–Crippen MR) is 97.0 cm³/mol. The van der Waals surface area contributed by atoms with Gasteiger partial charge in [0.25, 0.3) is 5.91 Å². The number of aromatic nitrogens is 4. The summed E-state index contributed by atoms with van der Waals surface area (Å²) in [5, 5.41) is 13.7. The van der Waals surface area contributed by atoms with Crippen molar-refractivity contribution < 1.29 is 9.53 Å². The molecule has 1 saturated carbocycles. The first-order valence-electron chi connectivity index (χ1n) is 8.89. The van der Waals surface area contributed by atoms with Gasteiger partial charge in [0.15, 0.2) is 0 Å². The molecule has 3 aromatic rings. The quantitative estimate of drug-likeness (QED) is 0.754. The fourth-order valence-electron chi connectivity index (χ4n) is 3.35. The lowest BCUT2D eigenvalue weighted by molar-refractivity contribution is 0.0893. The molecule has 26 heavy (non-hydrogen) atoms. The molecule has 0 unspecified atom stereocenters. The summed E-state index contributed by atoms with van der Waals surface area (Å²) >= 11 is 0. The van der Waals surface area contributed by atoms with Gasteiger partial charge in [-0.1, -0.05) is 0 Å². The van der Waals surface area contributed by atoms with Crippen LogP contribution in [0.2, 0.25) is 0 Å². The molecule has 7 nitrogen and oxygen atoms in total. The van der Waals surface area contributed by atoms with E-state index >= 15 is 0 Å². The number of aryl methyl sites for hydroxylation is 1. The Labute approximate surface area is 151 Å². The number of nitrogens with one attached hydrogen (secondary N) is 2. The maximum atomic E-state index is 12.5. The number of pyridine rings is 1. The lowest BCUT2D eigenvalue weighted by Gasteiger charge is -2.29. The third-order valence-electron chi connectivity index (χ3n) is 4.84. The van der Waals surface area contributed by atoms with Crippen molar-refractivity contribution in [3.63, 3.8) is 0 Å². The molecular formula is C19H21N5O2. The maximum absolute atomic E-state index is 12.5. The van der Waals surface area contributed by atoms with Crippen LogP contribution in [0.3, 0.4) is 0 Å². The molecule has 0 atom stereocenters. The van der Waals surface area contributed by atoms with Gasteiger partial charge in [-0.15, -0.1) is 0 Å². The normalized spacial score (nSPS) is 20.0. The number of ether oxygens (including phenoxy) is 1. The second-order valence-corrected chi connectivity index (χ2v) is 6.68. The van der Waals surface area contributed by atoms with E-state index in [1.54, 1.807) is 24.4 Å². The molecule has 4 rings (SSSR count). The Kier molecular flexibility index (Phi) is 4.51. The average Bonchev–Trinajstić information content (AvgIpc) is 3.13. The van der Waals surface area contributed by atoms with Gasteiger partial charge in [-0.05, 0) is 62.9 Å². The lowest BCUT2D eigenvalue weighted by atomic mass is 9.92. The highest BCUT2D eigenvalue weighted by atomic mass is 16.5. The number of nitrogens with zero attached hydrogens (tertiary/aromatic N) is 3. The van der Waals surface area contributed by atoms with Crippen LogP contribution in [0.5, 0.6) is 5.75 Å². The zero-order chi connectivity index (χ0) is 17.9. The Morgan fingerprint density at radius 2 is 1.96 bits per heavy atom. The number of amides is 1. The lowest BCUT2D eigenvalue weighted by Crippen LogP contribution is -2.39. The summed E-state index contributed by atoms with van der Waals surface area (Å²) in [5.41, 5.74) is 2.97. The zero-order valence-electron chi connectivity index (χ0n) is 14.6. The highest BCUT2D eigenvalue weighted by Crippen LogP contribution is 2.25. The molecule has 0 bridgehead atoms. The van der Waals surface area contributed by atoms with Crippen LogP contribution in [-0.2, 0) is 0 Å². The van der Waals surface area contributed by atoms with E-state index in [1.165, 1.54) is 0 Å². The average molecular weight is 351 g/mol. The van der Waals surface area contributed by atoms with E-state index < -0.39 is 0 Å². The second kappa shape index (κ2) is 7.11. The van der Waals surface area contributed by atoms with Crippen molar-refractivity contribution in [3.8, 4) is 5.75 Å². The molecule has 0 spiro atoms. The van der Waals surface area contributed by atoms with Crippen LogP contribution >= 0.6 is 0 Å². The molecule has 1 amide bonds. The molecule has 0 radical (unpaired) electrons. The van der Waals surface area contributed by atoms with Crippen molar-refractivity contribution in [1.82, 2.24) is 25.7 Å². The van der Waals surface area contributed by atoms with Crippen molar-refractivity contribution in [2.75, 3.05) is 0 Å². The third kappa shape index (κ3) is 3.51. The SMILES string of the molecule is Cc1ncccc1OC1CCC(NC(=O)c2ccc3n[nH]nc3c2)CC1. The molecule has 1 aromatic carbocycles. The van der Waals surface area contributed by atoms with Crippen molar-refractivity contribution in [2.24, 2.45) is 0 Å². The minimum Gasteiger partial charge on any atom is -0.489 e. The summed E-state index contributed by atoms with van der Waals surface area (Å²) in [7, 11) is 0. The number of fused-ring (bicyclic) bond motifs is 1. The van der Waals surface area contributed by atoms with Crippen LogP contribution in [0.1, 0.15) is 41.7 Å². The van der Waals surface area contributed by atoms with Crippen LogP contribution in [0.15, 0.2) is 36.5 Å². The number of benzene rings is 1. The van der Waals surface area contributed by atoms with Gasteiger partial charge in [0, 0.05) is 17.8 Å². The molecule has 0 saturated heterocycles. The first-order chi connectivity index (χ1) is 12.7. The summed E-state index contributed by atoms with van der Waals surface area (Å²) < 4.78 is 6.07. The van der Waals surface area contributed by atoms with Crippen molar-refractivity contribution in [2.45, 2.75) is 44.8 Å². The summed E-state index contributed by atoms with van der Waals surface area (Å²) in [6, 6.07) is 9.35. The van der Waals surface area contributed by atoms with Crippen LogP contribution in [0.25, 0.3) is 11.0 Å². The number of hydrogen-bond donors (Lipinski definition) is 2. The van der Waals surface area contributed by atoms with E-state index in [-0.39, 0.29) is 18.1 Å². The molecule has 1 aliphatic rings. The summed E-state index contributed by atoms with van der Waals surface area (Å²) in [5.74, 6) is 0.781. The van der Waals surface area contributed by atoms with Crippen LogP contribution < -0.4 is 10.1 Å². The van der Waals surface area contributed by atoms with Gasteiger partial charge in [0.2, 0.25) is 0 Å². The molecule has 2 aromatic heterocycles. The van der Waals surface area contributed by atoms with Crippen LogP contribution in [0, 0.1) is 6.92 Å². The number of aromatic amines is 1. The predicted octanol–water partition coefficient (Wildman–Crippen LogP) is 2.78. The Morgan fingerprint density at radius 1 is 1.15 bits per heavy atom. The fourth-order valence-corrected chi connectivity index (χ4v) is 3.35. The van der Waals surface area contributed by atoms with Crippen molar-refractivity contribution in [3.05, 3.63) is 47.8 Å². The number of rotatable bonds is 4. The molecule has 0 aliphatic heterocycles. The van der Waals surface area contributed by atoms with E-state index in [0.29, 0.717) is 11.1 Å². The smallest absolute Gasteiger partial charge is 0.251 e. The van der Waals surface area contributed by atoms with Gasteiger partial charge in [0.1, 0.15) is 16.8 Å². The Bertz CT molecular complexity index is 915. The second-order valence-electron chi connectivity index (χ2n) is 6.68. The number of hydrogen-bond acceptors (Lipinski definition) is 5. The van der Waals surface area contributed by atoms with E-state index in [4.69, 9.17) is 4.74 Å². The first kappa shape index (κ1) is 16.5. The molecule has 1 aliphatic carbocycles. The molecule has 7 heteroatoms. The van der Waals surface area contributed by atoms with E-state index in [9.17, 15) is 4.79 Å². The number of carbonyl (C=O) groups excluding carboxylic acids is 1. The standard InChI is InChI=1S/C19H21N5O2/c1-12-18(3-2-10-20-12)26-15-7-5-14(6-8-15)21-19(25)13-4-9-16-17(11-13)23-24-22-16/h2-4,9-11,14-15H,5-8H2,1H3,(H,21,25)(H,22,23,24). The Balaban J connectivity index is 1.32. The first-order valence-corrected chi connectivity index (χ1v) is 8.89. The van der Waals surface area contributed by atoms with Gasteiger partial charge in [0.05, 0.1) is 11.8 Å². The monoisotopic (exact) mass is 351 g/mol. The summed E-state index contributed by atoms with van der Waals surface area (Å²) in [4.78, 5) is 16.7. The minimum absolute atomic E-state index is 0.0672. The van der Waals surface area contributed by atoms with E-state index in [1.807, 2.05) is 19.1 Å². The Morgan fingerprint density at radius 3 is 2.77 bits per heavy atom. The van der Waals surface area contributed by atoms with Gasteiger partial charge in [-0.2, -0.15) is 15.4 Å². The van der Waals surface area contributed by atoms with E-state index in [0.717, 1.165) is 42.6 Å². The van der Waals surface area contributed by atoms with E-state index in [2.05, 4.69) is 25.7 Å². The van der Waals surface area contributed by atoms with Crippen molar-refractivity contribution in [1.29, 1.82) is 0 Å². The highest BCUT2D eigenvalue weighted by Gasteiger charge is 2.24. The van der Waals surface area contributed by atoms with Gasteiger partial charge < -0.3 is 10.1 Å². The zero-order valence-corrected chi connectivity index (χ0v) is 14.6. The fraction of sp³-hybridized carbons (Fsp3) is 0.368. The molecule has 2 heterocycles. The minimum atomic E-state index is -0.0672. The largest absolute Gasteiger partial charge is 0.489 e. The molecule has 134 valence electrons. The highest BCUT2D eigenvalue weighted by molar-refractivity contribution is 5.97. The van der Waals surface area contributed by atoms with Gasteiger partial charge in [-0.25, -0.2) is 0 Å². The molecular weight excluding hydrogens is 330 g/mol. The topological polar surface area (TPSA) is 92.8 Å².